The summed E-state index contributed by atoms with van der Waals surface area (Å²) in [7, 11) is 0. The Morgan fingerprint density at radius 2 is 1.76 bits per heavy atom. The van der Waals surface area contributed by atoms with Crippen molar-refractivity contribution in [2.24, 2.45) is 5.92 Å². The second-order valence-electron chi connectivity index (χ2n) is 5.39. The minimum absolute atomic E-state index is 0.113. The maximum Gasteiger partial charge on any atom is 0.326 e. The first-order chi connectivity index (χ1) is 9.85. The number of carbonyl (C=O) groups is 2. The minimum atomic E-state index is -1.03. The van der Waals surface area contributed by atoms with Crippen molar-refractivity contribution in [3.63, 3.8) is 0 Å². The van der Waals surface area contributed by atoms with E-state index in [1.54, 1.807) is 38.1 Å². The summed E-state index contributed by atoms with van der Waals surface area (Å²) in [6.07, 6.45) is 1.01. The van der Waals surface area contributed by atoms with Crippen LogP contribution in [0.5, 0.6) is 5.75 Å². The maximum atomic E-state index is 12.0. The molecule has 1 aromatic rings. The molecule has 5 nitrogen and oxygen atoms in total. The predicted octanol–water partition coefficient (Wildman–Crippen LogP) is 2.70. The van der Waals surface area contributed by atoms with Gasteiger partial charge in [-0.15, -0.1) is 0 Å². The van der Waals surface area contributed by atoms with Gasteiger partial charge < -0.3 is 15.2 Å². The lowest BCUT2D eigenvalue weighted by Crippen LogP contribution is -2.44. The lowest BCUT2D eigenvalue weighted by atomic mass is 10.0. The van der Waals surface area contributed by atoms with Crippen LogP contribution in [0.15, 0.2) is 24.3 Å². The second-order valence-corrected chi connectivity index (χ2v) is 5.39. The van der Waals surface area contributed by atoms with Gasteiger partial charge in [-0.1, -0.05) is 20.8 Å². The summed E-state index contributed by atoms with van der Waals surface area (Å²) in [4.78, 5) is 23.1. The van der Waals surface area contributed by atoms with E-state index in [1.165, 1.54) is 0 Å². The van der Waals surface area contributed by atoms with Crippen LogP contribution in [0.3, 0.4) is 0 Å². The molecule has 5 heteroatoms. The van der Waals surface area contributed by atoms with Crippen LogP contribution in [0, 0.1) is 5.92 Å². The van der Waals surface area contributed by atoms with Crippen molar-refractivity contribution in [3.05, 3.63) is 29.8 Å². The molecular formula is C16H23NO4. The molecule has 0 fully saturated rings. The molecule has 0 saturated heterocycles. The average Bonchev–Trinajstić information content (AvgIpc) is 2.44. The van der Waals surface area contributed by atoms with Gasteiger partial charge in [0.15, 0.2) is 0 Å². The number of hydrogen-bond donors (Lipinski definition) is 2. The van der Waals surface area contributed by atoms with E-state index in [0.29, 0.717) is 11.3 Å². The first-order valence-electron chi connectivity index (χ1n) is 7.15. The van der Waals surface area contributed by atoms with E-state index < -0.39 is 17.9 Å². The molecule has 0 heterocycles. The molecule has 0 aromatic heterocycles. The first kappa shape index (κ1) is 17.0. The first-order valence-corrected chi connectivity index (χ1v) is 7.15. The smallest absolute Gasteiger partial charge is 0.326 e. The highest BCUT2D eigenvalue weighted by Crippen LogP contribution is 2.15. The summed E-state index contributed by atoms with van der Waals surface area (Å²) in [6.45, 7) is 7.51. The van der Waals surface area contributed by atoms with Crippen molar-refractivity contribution in [2.45, 2.75) is 46.3 Å². The molecular weight excluding hydrogens is 270 g/mol. The second kappa shape index (κ2) is 7.67. The Bertz CT molecular complexity index is 482. The van der Waals surface area contributed by atoms with E-state index in [1.807, 2.05) is 13.8 Å². The van der Waals surface area contributed by atoms with Crippen molar-refractivity contribution in [1.29, 1.82) is 0 Å². The number of carboxylic acid groups (broad SMARTS) is 1. The fraction of sp³-hybridized carbons (Fsp3) is 0.500. The SMILES string of the molecule is CCC(C)Oc1ccc(C(=O)N[C@@H](C(=O)O)C(C)C)cc1. The van der Waals surface area contributed by atoms with E-state index in [9.17, 15) is 9.59 Å². The Balaban J connectivity index is 2.73. The van der Waals surface area contributed by atoms with Crippen LogP contribution in [-0.2, 0) is 4.79 Å². The van der Waals surface area contributed by atoms with Gasteiger partial charge in [0.2, 0.25) is 0 Å². The molecule has 21 heavy (non-hydrogen) atoms. The molecule has 0 saturated carbocycles. The van der Waals surface area contributed by atoms with Crippen LogP contribution in [0.1, 0.15) is 44.5 Å². The fourth-order valence-electron chi connectivity index (χ4n) is 1.74. The summed E-state index contributed by atoms with van der Waals surface area (Å²) in [5.74, 6) is -0.916. The van der Waals surface area contributed by atoms with Gasteiger partial charge in [-0.05, 0) is 43.5 Å². The van der Waals surface area contributed by atoms with Crippen molar-refractivity contribution in [3.8, 4) is 5.75 Å². The number of carbonyl (C=O) groups excluding carboxylic acids is 1. The maximum absolute atomic E-state index is 12.0. The molecule has 0 aliphatic carbocycles. The molecule has 2 atom stereocenters. The monoisotopic (exact) mass is 293 g/mol. The molecule has 0 spiro atoms. The molecule has 1 rings (SSSR count). The van der Waals surface area contributed by atoms with Gasteiger partial charge >= 0.3 is 5.97 Å². The van der Waals surface area contributed by atoms with Gasteiger partial charge in [0.05, 0.1) is 6.10 Å². The van der Waals surface area contributed by atoms with Gasteiger partial charge in [-0.3, -0.25) is 4.79 Å². The number of nitrogens with one attached hydrogen (secondary N) is 1. The molecule has 0 radical (unpaired) electrons. The zero-order valence-electron chi connectivity index (χ0n) is 12.9. The Labute approximate surface area is 125 Å². The van der Waals surface area contributed by atoms with Crippen LogP contribution < -0.4 is 10.1 Å². The molecule has 0 aliphatic heterocycles. The van der Waals surface area contributed by atoms with Crippen LogP contribution >= 0.6 is 0 Å². The van der Waals surface area contributed by atoms with E-state index in [4.69, 9.17) is 9.84 Å². The van der Waals surface area contributed by atoms with Crippen molar-refractivity contribution in [2.75, 3.05) is 0 Å². The van der Waals surface area contributed by atoms with Gasteiger partial charge in [0.25, 0.3) is 5.91 Å². The summed E-state index contributed by atoms with van der Waals surface area (Å²) in [6, 6.07) is 5.80. The quantitative estimate of drug-likeness (QED) is 0.810. The van der Waals surface area contributed by atoms with Crippen LogP contribution in [0.4, 0.5) is 0 Å². The standard InChI is InChI=1S/C16H23NO4/c1-5-11(4)21-13-8-6-12(7-9-13)15(18)17-14(10(2)3)16(19)20/h6-11,14H,5H2,1-4H3,(H,17,18)(H,19,20)/t11?,14-/m1/s1. The zero-order valence-corrected chi connectivity index (χ0v) is 12.9. The normalized spacial score (nSPS) is 13.6. The third kappa shape index (κ3) is 5.10. The summed E-state index contributed by atoms with van der Waals surface area (Å²) in [5, 5.41) is 11.6. The molecule has 1 aromatic carbocycles. The molecule has 0 aliphatic rings. The van der Waals surface area contributed by atoms with E-state index in [0.717, 1.165) is 6.42 Å². The number of rotatable bonds is 7. The van der Waals surface area contributed by atoms with Crippen molar-refractivity contribution in [1.82, 2.24) is 5.32 Å². The number of ether oxygens (including phenoxy) is 1. The zero-order chi connectivity index (χ0) is 16.0. The summed E-state index contributed by atoms with van der Waals surface area (Å²) < 4.78 is 5.63. The summed E-state index contributed by atoms with van der Waals surface area (Å²) >= 11 is 0. The van der Waals surface area contributed by atoms with Gasteiger partial charge in [0, 0.05) is 5.56 Å². The average molecular weight is 293 g/mol. The number of amides is 1. The fourth-order valence-corrected chi connectivity index (χ4v) is 1.74. The van der Waals surface area contributed by atoms with Gasteiger partial charge in [-0.25, -0.2) is 4.79 Å². The van der Waals surface area contributed by atoms with Gasteiger partial charge in [-0.2, -0.15) is 0 Å². The highest BCUT2D eigenvalue weighted by Gasteiger charge is 2.23. The van der Waals surface area contributed by atoms with E-state index in [-0.39, 0.29) is 12.0 Å². The topological polar surface area (TPSA) is 75.6 Å². The predicted molar refractivity (Wildman–Crippen MR) is 80.6 cm³/mol. The highest BCUT2D eigenvalue weighted by molar-refractivity contribution is 5.96. The van der Waals surface area contributed by atoms with Crippen molar-refractivity contribution < 1.29 is 19.4 Å². The van der Waals surface area contributed by atoms with Crippen LogP contribution in [0.2, 0.25) is 0 Å². The molecule has 1 unspecified atom stereocenters. The number of hydrogen-bond acceptors (Lipinski definition) is 3. The lowest BCUT2D eigenvalue weighted by molar-refractivity contribution is -0.140. The molecule has 2 N–H and O–H groups in total. The minimum Gasteiger partial charge on any atom is -0.491 e. The number of benzene rings is 1. The molecule has 0 bridgehead atoms. The van der Waals surface area contributed by atoms with Gasteiger partial charge in [0.1, 0.15) is 11.8 Å². The number of aliphatic carboxylic acids is 1. The van der Waals surface area contributed by atoms with Crippen LogP contribution in [-0.4, -0.2) is 29.1 Å². The lowest BCUT2D eigenvalue weighted by Gasteiger charge is -2.18. The Kier molecular flexibility index (Phi) is 6.21. The number of carboxylic acids is 1. The van der Waals surface area contributed by atoms with E-state index >= 15 is 0 Å². The third-order valence-corrected chi connectivity index (χ3v) is 3.25. The summed E-state index contributed by atoms with van der Waals surface area (Å²) in [5.41, 5.74) is 0.415. The molecule has 1 amide bonds. The molecule has 116 valence electrons. The Morgan fingerprint density at radius 3 is 2.19 bits per heavy atom. The Morgan fingerprint density at radius 1 is 1.19 bits per heavy atom. The van der Waals surface area contributed by atoms with E-state index in [2.05, 4.69) is 5.32 Å². The van der Waals surface area contributed by atoms with Crippen LogP contribution in [0.25, 0.3) is 0 Å². The third-order valence-electron chi connectivity index (χ3n) is 3.25. The van der Waals surface area contributed by atoms with Crippen molar-refractivity contribution >= 4 is 11.9 Å². The largest absolute Gasteiger partial charge is 0.491 e. The highest BCUT2D eigenvalue weighted by atomic mass is 16.5. The Hall–Kier alpha value is -2.04.